The molecule has 0 saturated heterocycles. The molecule has 0 aliphatic heterocycles. The van der Waals surface area contributed by atoms with Crippen molar-refractivity contribution in [2.24, 2.45) is 0 Å². The quantitative estimate of drug-likeness (QED) is 0.385. The van der Waals surface area contributed by atoms with Gasteiger partial charge in [-0.05, 0) is 73.9 Å². The first-order valence-corrected chi connectivity index (χ1v) is 13.9. The Bertz CT molecular complexity index is 1400. The lowest BCUT2D eigenvalue weighted by atomic mass is 10.1. The first kappa shape index (κ1) is 29.1. The summed E-state index contributed by atoms with van der Waals surface area (Å²) in [5.74, 6) is -1.41. The van der Waals surface area contributed by atoms with E-state index in [9.17, 15) is 22.4 Å². The topological polar surface area (TPSA) is 86.8 Å². The molecular weight excluding hydrogens is 529 g/mol. The van der Waals surface area contributed by atoms with Crippen LogP contribution in [0.25, 0.3) is 0 Å². The summed E-state index contributed by atoms with van der Waals surface area (Å²) >= 11 is 6.12. The number of carbonyl (C=O) groups excluding carboxylic acids is 2. The van der Waals surface area contributed by atoms with Crippen LogP contribution >= 0.6 is 11.6 Å². The van der Waals surface area contributed by atoms with E-state index in [1.807, 2.05) is 6.92 Å². The van der Waals surface area contributed by atoms with Gasteiger partial charge in [0.25, 0.3) is 10.0 Å². The third kappa shape index (κ3) is 6.71. The Hall–Kier alpha value is -3.43. The van der Waals surface area contributed by atoms with Gasteiger partial charge in [0.2, 0.25) is 11.8 Å². The number of hydrogen-bond donors (Lipinski definition) is 1. The molecule has 0 aliphatic carbocycles. The molecule has 0 saturated carbocycles. The van der Waals surface area contributed by atoms with Gasteiger partial charge in [0.15, 0.2) is 0 Å². The van der Waals surface area contributed by atoms with Gasteiger partial charge in [0, 0.05) is 18.6 Å². The zero-order valence-electron chi connectivity index (χ0n) is 21.7. The Morgan fingerprint density at radius 2 is 1.63 bits per heavy atom. The molecule has 0 spiro atoms. The van der Waals surface area contributed by atoms with Crippen LogP contribution in [0.2, 0.25) is 5.02 Å². The van der Waals surface area contributed by atoms with Crippen LogP contribution in [0, 0.1) is 19.7 Å². The first-order valence-electron chi connectivity index (χ1n) is 12.1. The summed E-state index contributed by atoms with van der Waals surface area (Å²) in [5, 5.41) is 2.99. The van der Waals surface area contributed by atoms with E-state index in [0.29, 0.717) is 16.1 Å². The van der Waals surface area contributed by atoms with Crippen molar-refractivity contribution in [2.75, 3.05) is 17.9 Å². The molecule has 1 atom stereocenters. The number of rotatable bonds is 10. The minimum absolute atomic E-state index is 0.0109. The maximum absolute atomic E-state index is 13.9. The van der Waals surface area contributed by atoms with Crippen LogP contribution in [0.1, 0.15) is 30.0 Å². The number of benzene rings is 3. The minimum Gasteiger partial charge on any atom is -0.357 e. The highest BCUT2D eigenvalue weighted by molar-refractivity contribution is 7.92. The summed E-state index contributed by atoms with van der Waals surface area (Å²) in [6.45, 7) is 4.74. The van der Waals surface area contributed by atoms with Crippen molar-refractivity contribution in [3.8, 4) is 0 Å². The smallest absolute Gasteiger partial charge is 0.264 e. The van der Waals surface area contributed by atoms with E-state index < -0.39 is 40.2 Å². The molecule has 3 rings (SSSR count). The number of halogens is 2. The molecule has 3 aromatic rings. The predicted octanol–water partition coefficient (Wildman–Crippen LogP) is 4.84. The monoisotopic (exact) mass is 559 g/mol. The van der Waals surface area contributed by atoms with Gasteiger partial charge in [-0.25, -0.2) is 12.8 Å². The number of sulfonamides is 1. The number of hydrogen-bond acceptors (Lipinski definition) is 4. The van der Waals surface area contributed by atoms with Gasteiger partial charge in [0.05, 0.1) is 10.6 Å². The van der Waals surface area contributed by atoms with Gasteiger partial charge in [0.1, 0.15) is 18.4 Å². The number of aryl methyl sites for hydroxylation is 2. The maximum Gasteiger partial charge on any atom is 0.264 e. The molecule has 0 radical (unpaired) electrons. The van der Waals surface area contributed by atoms with E-state index in [4.69, 9.17) is 11.6 Å². The molecule has 0 bridgehead atoms. The highest BCUT2D eigenvalue weighted by Gasteiger charge is 2.34. The van der Waals surface area contributed by atoms with Crippen LogP contribution in [-0.4, -0.2) is 44.8 Å². The van der Waals surface area contributed by atoms with Gasteiger partial charge in [-0.15, -0.1) is 0 Å². The summed E-state index contributed by atoms with van der Waals surface area (Å²) in [6.07, 6.45) is 0.289. The highest BCUT2D eigenvalue weighted by Crippen LogP contribution is 2.29. The van der Waals surface area contributed by atoms with Crippen LogP contribution in [0.15, 0.2) is 71.6 Å². The largest absolute Gasteiger partial charge is 0.357 e. The van der Waals surface area contributed by atoms with Gasteiger partial charge in [-0.1, -0.05) is 48.4 Å². The lowest BCUT2D eigenvalue weighted by molar-refractivity contribution is -0.140. The van der Waals surface area contributed by atoms with Crippen molar-refractivity contribution in [1.29, 1.82) is 0 Å². The maximum atomic E-state index is 13.9. The Morgan fingerprint density at radius 1 is 1.00 bits per heavy atom. The lowest BCUT2D eigenvalue weighted by Gasteiger charge is -2.33. The molecule has 2 amide bonds. The normalized spacial score (nSPS) is 12.1. The zero-order valence-corrected chi connectivity index (χ0v) is 23.3. The molecule has 0 unspecified atom stereocenters. The number of nitrogens with zero attached hydrogens (tertiary/aromatic N) is 2. The lowest BCUT2D eigenvalue weighted by Crippen LogP contribution is -2.51. The molecule has 0 heterocycles. The molecule has 0 aliphatic rings. The molecule has 38 heavy (non-hydrogen) atoms. The van der Waals surface area contributed by atoms with E-state index in [1.165, 1.54) is 48.3 Å². The summed E-state index contributed by atoms with van der Waals surface area (Å²) in [5.41, 5.74) is 2.33. The number of likely N-dealkylation sites (N-methyl/N-ethyl adjacent to an activating group) is 1. The third-order valence-electron chi connectivity index (χ3n) is 6.21. The first-order chi connectivity index (χ1) is 18.0. The van der Waals surface area contributed by atoms with Crippen LogP contribution in [0.5, 0.6) is 0 Å². The van der Waals surface area contributed by atoms with E-state index in [1.54, 1.807) is 44.2 Å². The Labute approximate surface area is 228 Å². The average Bonchev–Trinajstić information content (AvgIpc) is 2.88. The molecule has 7 nitrogen and oxygen atoms in total. The SMILES string of the molecule is CC[C@@H](C(=O)NC)N(Cc1ccc(F)cc1)C(=O)CN(c1ccc(Cl)cc1C)S(=O)(=O)c1ccc(C)cc1. The standard InChI is InChI=1S/C28H31ClFN3O4S/c1-5-25(28(35)31-4)32(17-21-8-11-23(30)12-9-21)27(34)18-33(26-15-10-22(29)16-20(26)3)38(36,37)24-13-6-19(2)7-14-24/h6-16,25H,5,17-18H2,1-4H3,(H,31,35)/t25-/m0/s1. The Kier molecular flexibility index (Phi) is 9.51. The van der Waals surface area contributed by atoms with Crippen molar-refractivity contribution < 1.29 is 22.4 Å². The van der Waals surface area contributed by atoms with Gasteiger partial charge in [-0.3, -0.25) is 13.9 Å². The summed E-state index contributed by atoms with van der Waals surface area (Å²) in [7, 11) is -2.71. The summed E-state index contributed by atoms with van der Waals surface area (Å²) < 4.78 is 42.3. The Balaban J connectivity index is 2.09. The fourth-order valence-electron chi connectivity index (χ4n) is 4.12. The van der Waals surface area contributed by atoms with Gasteiger partial charge < -0.3 is 10.2 Å². The van der Waals surface area contributed by atoms with Crippen LogP contribution in [-0.2, 0) is 26.2 Å². The number of amides is 2. The van der Waals surface area contributed by atoms with E-state index in [0.717, 1.165) is 9.87 Å². The van der Waals surface area contributed by atoms with Gasteiger partial charge in [-0.2, -0.15) is 0 Å². The third-order valence-corrected chi connectivity index (χ3v) is 8.22. The van der Waals surface area contributed by atoms with Crippen molar-refractivity contribution in [1.82, 2.24) is 10.2 Å². The summed E-state index contributed by atoms with van der Waals surface area (Å²) in [4.78, 5) is 27.9. The van der Waals surface area contributed by atoms with Crippen molar-refractivity contribution >= 4 is 39.1 Å². The molecule has 0 aromatic heterocycles. The second-order valence-electron chi connectivity index (χ2n) is 8.94. The van der Waals surface area contributed by atoms with Crippen LogP contribution in [0.4, 0.5) is 10.1 Å². The minimum atomic E-state index is -4.18. The van der Waals surface area contributed by atoms with Crippen LogP contribution < -0.4 is 9.62 Å². The van der Waals surface area contributed by atoms with Crippen LogP contribution in [0.3, 0.4) is 0 Å². The predicted molar refractivity (Wildman–Crippen MR) is 147 cm³/mol. The van der Waals surface area contributed by atoms with Gasteiger partial charge >= 0.3 is 0 Å². The Morgan fingerprint density at radius 3 is 2.18 bits per heavy atom. The zero-order chi connectivity index (χ0) is 28.0. The fraction of sp³-hybridized carbons (Fsp3) is 0.286. The van der Waals surface area contributed by atoms with Crippen molar-refractivity contribution in [3.63, 3.8) is 0 Å². The van der Waals surface area contributed by atoms with E-state index in [-0.39, 0.29) is 23.5 Å². The highest BCUT2D eigenvalue weighted by atomic mass is 35.5. The fourth-order valence-corrected chi connectivity index (χ4v) is 5.83. The number of carbonyl (C=O) groups is 2. The molecule has 10 heteroatoms. The molecule has 3 aromatic carbocycles. The molecular formula is C28H31ClFN3O4S. The molecule has 1 N–H and O–H groups in total. The van der Waals surface area contributed by atoms with Crippen molar-refractivity contribution in [3.05, 3.63) is 94.3 Å². The van der Waals surface area contributed by atoms with Crippen molar-refractivity contribution in [2.45, 2.75) is 44.7 Å². The second kappa shape index (κ2) is 12.4. The average molecular weight is 560 g/mol. The second-order valence-corrected chi connectivity index (χ2v) is 11.2. The number of anilines is 1. The molecule has 0 fully saturated rings. The number of nitrogens with one attached hydrogen (secondary N) is 1. The molecule has 202 valence electrons. The summed E-state index contributed by atoms with van der Waals surface area (Å²) in [6, 6.07) is 15.8. The van der Waals surface area contributed by atoms with E-state index in [2.05, 4.69) is 5.32 Å². The van der Waals surface area contributed by atoms with E-state index >= 15 is 0 Å².